The molecule has 1 atom stereocenters. The van der Waals surface area contributed by atoms with Gasteiger partial charge in [0.05, 0.1) is 11.7 Å². The highest BCUT2D eigenvalue weighted by atomic mass is 19.1. The van der Waals surface area contributed by atoms with Gasteiger partial charge in [0.25, 0.3) is 0 Å². The SMILES string of the molecule is CC(C)CN(C1CC1)C(C)C(=O)Nc1ccc(F)c(N)c1. The van der Waals surface area contributed by atoms with Gasteiger partial charge in [-0.25, -0.2) is 4.39 Å². The van der Waals surface area contributed by atoms with Crippen molar-refractivity contribution in [2.75, 3.05) is 17.6 Å². The summed E-state index contributed by atoms with van der Waals surface area (Å²) in [6.45, 7) is 7.13. The number of carbonyl (C=O) groups excluding carboxylic acids is 1. The molecule has 1 aromatic rings. The number of benzene rings is 1. The van der Waals surface area contributed by atoms with Gasteiger partial charge in [0.1, 0.15) is 5.82 Å². The number of amides is 1. The maximum Gasteiger partial charge on any atom is 0.241 e. The van der Waals surface area contributed by atoms with E-state index in [4.69, 9.17) is 5.73 Å². The number of rotatable bonds is 6. The van der Waals surface area contributed by atoms with E-state index >= 15 is 0 Å². The van der Waals surface area contributed by atoms with Crippen molar-refractivity contribution in [2.24, 2.45) is 5.92 Å². The van der Waals surface area contributed by atoms with Crippen LogP contribution in [0.2, 0.25) is 0 Å². The minimum Gasteiger partial charge on any atom is -0.396 e. The molecule has 0 bridgehead atoms. The third-order valence-electron chi connectivity index (χ3n) is 3.73. The lowest BCUT2D eigenvalue weighted by molar-refractivity contribution is -0.121. The molecule has 1 unspecified atom stereocenters. The Morgan fingerprint density at radius 2 is 2.10 bits per heavy atom. The molecule has 1 fully saturated rings. The zero-order valence-corrected chi connectivity index (χ0v) is 12.9. The normalized spacial score (nSPS) is 16.3. The van der Waals surface area contributed by atoms with Crippen LogP contribution < -0.4 is 11.1 Å². The number of nitrogens with zero attached hydrogens (tertiary/aromatic N) is 1. The van der Waals surface area contributed by atoms with Crippen LogP contribution in [0, 0.1) is 11.7 Å². The van der Waals surface area contributed by atoms with Crippen LogP contribution in [0.25, 0.3) is 0 Å². The predicted molar refractivity (Wildman–Crippen MR) is 83.5 cm³/mol. The van der Waals surface area contributed by atoms with Crippen LogP contribution in [0.3, 0.4) is 0 Å². The molecule has 5 heteroatoms. The van der Waals surface area contributed by atoms with Crippen molar-refractivity contribution < 1.29 is 9.18 Å². The van der Waals surface area contributed by atoms with Crippen molar-refractivity contribution in [1.82, 2.24) is 4.90 Å². The van der Waals surface area contributed by atoms with Crippen LogP contribution in [0.1, 0.15) is 33.6 Å². The summed E-state index contributed by atoms with van der Waals surface area (Å²) in [6.07, 6.45) is 2.32. The summed E-state index contributed by atoms with van der Waals surface area (Å²) in [6, 6.07) is 4.56. The Kier molecular flexibility index (Phi) is 4.83. The molecule has 1 aliphatic carbocycles. The van der Waals surface area contributed by atoms with Crippen molar-refractivity contribution in [3.63, 3.8) is 0 Å². The van der Waals surface area contributed by atoms with Gasteiger partial charge in [-0.3, -0.25) is 9.69 Å². The lowest BCUT2D eigenvalue weighted by Gasteiger charge is -2.29. The second-order valence-electron chi connectivity index (χ2n) is 6.22. The number of nitrogens with two attached hydrogens (primary N) is 1. The highest BCUT2D eigenvalue weighted by Gasteiger charge is 2.35. The monoisotopic (exact) mass is 293 g/mol. The Bertz CT molecular complexity index is 514. The van der Waals surface area contributed by atoms with Gasteiger partial charge in [0.15, 0.2) is 0 Å². The van der Waals surface area contributed by atoms with E-state index in [9.17, 15) is 9.18 Å². The first kappa shape index (κ1) is 15.8. The Hall–Kier alpha value is -1.62. The predicted octanol–water partition coefficient (Wildman–Crippen LogP) is 2.86. The van der Waals surface area contributed by atoms with Crippen molar-refractivity contribution >= 4 is 17.3 Å². The largest absolute Gasteiger partial charge is 0.396 e. The number of halogens is 1. The second kappa shape index (κ2) is 6.43. The highest BCUT2D eigenvalue weighted by Crippen LogP contribution is 2.29. The Morgan fingerprint density at radius 3 is 2.62 bits per heavy atom. The first-order chi connectivity index (χ1) is 9.88. The van der Waals surface area contributed by atoms with Gasteiger partial charge in [-0.05, 0) is 43.9 Å². The lowest BCUT2D eigenvalue weighted by atomic mass is 10.1. The average molecular weight is 293 g/mol. The fourth-order valence-corrected chi connectivity index (χ4v) is 2.47. The fraction of sp³-hybridized carbons (Fsp3) is 0.562. The lowest BCUT2D eigenvalue weighted by Crippen LogP contribution is -2.45. The molecule has 4 nitrogen and oxygen atoms in total. The molecule has 0 heterocycles. The van der Waals surface area contributed by atoms with Crippen LogP contribution in [-0.4, -0.2) is 29.4 Å². The highest BCUT2D eigenvalue weighted by molar-refractivity contribution is 5.95. The summed E-state index contributed by atoms with van der Waals surface area (Å²) in [5, 5.41) is 2.82. The maximum absolute atomic E-state index is 13.1. The number of hydrogen-bond acceptors (Lipinski definition) is 3. The summed E-state index contributed by atoms with van der Waals surface area (Å²) >= 11 is 0. The molecule has 0 aliphatic heterocycles. The molecule has 1 aromatic carbocycles. The van der Waals surface area contributed by atoms with E-state index in [0.717, 1.165) is 19.4 Å². The first-order valence-electron chi connectivity index (χ1n) is 7.50. The second-order valence-corrected chi connectivity index (χ2v) is 6.22. The third-order valence-corrected chi connectivity index (χ3v) is 3.73. The molecule has 0 spiro atoms. The first-order valence-corrected chi connectivity index (χ1v) is 7.50. The Balaban J connectivity index is 2.01. The van der Waals surface area contributed by atoms with E-state index in [1.807, 2.05) is 6.92 Å². The number of nitrogen functional groups attached to an aromatic ring is 1. The van der Waals surface area contributed by atoms with E-state index in [1.54, 1.807) is 0 Å². The Morgan fingerprint density at radius 1 is 1.43 bits per heavy atom. The van der Waals surface area contributed by atoms with Gasteiger partial charge in [0, 0.05) is 18.3 Å². The quantitative estimate of drug-likeness (QED) is 0.793. The van der Waals surface area contributed by atoms with E-state index in [0.29, 0.717) is 17.6 Å². The average Bonchev–Trinajstić information content (AvgIpc) is 3.23. The number of carbonyl (C=O) groups is 1. The minimum absolute atomic E-state index is 0.0432. The summed E-state index contributed by atoms with van der Waals surface area (Å²) in [7, 11) is 0. The van der Waals surface area contributed by atoms with Gasteiger partial charge in [-0.2, -0.15) is 0 Å². The van der Waals surface area contributed by atoms with Gasteiger partial charge in [0.2, 0.25) is 5.91 Å². The van der Waals surface area contributed by atoms with Crippen molar-refractivity contribution in [2.45, 2.75) is 45.7 Å². The van der Waals surface area contributed by atoms with Gasteiger partial charge in [-0.1, -0.05) is 13.8 Å². The zero-order chi connectivity index (χ0) is 15.6. The van der Waals surface area contributed by atoms with E-state index in [-0.39, 0.29) is 17.6 Å². The summed E-state index contributed by atoms with van der Waals surface area (Å²) in [4.78, 5) is 14.6. The maximum atomic E-state index is 13.1. The van der Waals surface area contributed by atoms with Gasteiger partial charge in [-0.15, -0.1) is 0 Å². The molecule has 1 amide bonds. The van der Waals surface area contributed by atoms with E-state index in [1.165, 1.54) is 18.2 Å². The molecular formula is C16H24FN3O. The molecule has 21 heavy (non-hydrogen) atoms. The van der Waals surface area contributed by atoms with Gasteiger partial charge < -0.3 is 11.1 Å². The molecule has 3 N–H and O–H groups in total. The van der Waals surface area contributed by atoms with Crippen LogP contribution >= 0.6 is 0 Å². The van der Waals surface area contributed by atoms with Crippen LogP contribution in [0.15, 0.2) is 18.2 Å². The van der Waals surface area contributed by atoms with Gasteiger partial charge >= 0.3 is 0 Å². The number of hydrogen-bond donors (Lipinski definition) is 2. The number of nitrogens with one attached hydrogen (secondary N) is 1. The molecule has 0 saturated heterocycles. The van der Waals surface area contributed by atoms with Crippen LogP contribution in [-0.2, 0) is 4.79 Å². The minimum atomic E-state index is -0.472. The Labute approximate surface area is 125 Å². The fourth-order valence-electron chi connectivity index (χ4n) is 2.47. The molecule has 2 rings (SSSR count). The topological polar surface area (TPSA) is 58.4 Å². The number of anilines is 2. The summed E-state index contributed by atoms with van der Waals surface area (Å²) < 4.78 is 13.1. The molecule has 1 saturated carbocycles. The summed E-state index contributed by atoms with van der Waals surface area (Å²) in [5.41, 5.74) is 6.10. The molecule has 116 valence electrons. The summed E-state index contributed by atoms with van der Waals surface area (Å²) in [5.74, 6) is -0.0312. The van der Waals surface area contributed by atoms with Crippen molar-refractivity contribution in [1.29, 1.82) is 0 Å². The van der Waals surface area contributed by atoms with Crippen LogP contribution in [0.5, 0.6) is 0 Å². The third kappa shape index (κ3) is 4.17. The zero-order valence-electron chi connectivity index (χ0n) is 12.9. The molecule has 0 radical (unpaired) electrons. The molecule has 1 aliphatic rings. The molecule has 0 aromatic heterocycles. The van der Waals surface area contributed by atoms with Crippen LogP contribution in [0.4, 0.5) is 15.8 Å². The van der Waals surface area contributed by atoms with Crippen molar-refractivity contribution in [3.05, 3.63) is 24.0 Å². The van der Waals surface area contributed by atoms with E-state index in [2.05, 4.69) is 24.1 Å². The van der Waals surface area contributed by atoms with Crippen molar-refractivity contribution in [3.8, 4) is 0 Å². The smallest absolute Gasteiger partial charge is 0.241 e. The molecular weight excluding hydrogens is 269 g/mol. The van der Waals surface area contributed by atoms with E-state index < -0.39 is 5.82 Å². The standard InChI is InChI=1S/C16H24FN3O/c1-10(2)9-20(13-5-6-13)11(3)16(21)19-12-4-7-14(17)15(18)8-12/h4,7-8,10-11,13H,5-6,9,18H2,1-3H3,(H,19,21).